The van der Waals surface area contributed by atoms with E-state index in [4.69, 9.17) is 11.6 Å². The Bertz CT molecular complexity index is 719. The van der Waals surface area contributed by atoms with Crippen LogP contribution < -0.4 is 4.72 Å². The zero-order valence-corrected chi connectivity index (χ0v) is 11.0. The second-order valence-electron chi connectivity index (χ2n) is 3.73. The summed E-state index contributed by atoms with van der Waals surface area (Å²) in [4.78, 5) is -0.363. The molecule has 2 rings (SSSR count). The van der Waals surface area contributed by atoms with Gasteiger partial charge in [-0.3, -0.25) is 4.72 Å². The summed E-state index contributed by atoms with van der Waals surface area (Å²) >= 11 is 5.74. The Kier molecular flexibility index (Phi) is 3.64. The van der Waals surface area contributed by atoms with Crippen molar-refractivity contribution in [1.82, 2.24) is 0 Å². The highest BCUT2D eigenvalue weighted by atomic mass is 35.5. The zero-order valence-electron chi connectivity index (χ0n) is 9.47. The third-order valence-electron chi connectivity index (χ3n) is 2.28. The molecular formula is C12H9ClFNO3S. The van der Waals surface area contributed by atoms with Crippen LogP contribution in [0.3, 0.4) is 0 Å². The van der Waals surface area contributed by atoms with Crippen LogP contribution in [0.4, 0.5) is 10.1 Å². The number of hydrogen-bond donors (Lipinski definition) is 2. The van der Waals surface area contributed by atoms with E-state index in [9.17, 15) is 17.9 Å². The molecule has 0 saturated heterocycles. The summed E-state index contributed by atoms with van der Waals surface area (Å²) in [6.07, 6.45) is 0. The number of rotatable bonds is 3. The van der Waals surface area contributed by atoms with Gasteiger partial charge in [0.15, 0.2) is 0 Å². The standard InChI is InChI=1S/C12H9ClFNO3S/c13-11-5-4-8(14)6-12(11)19(17,18)15-9-2-1-3-10(16)7-9/h1-7,15-16H. The first kappa shape index (κ1) is 13.6. The Hall–Kier alpha value is -1.79. The first-order valence-electron chi connectivity index (χ1n) is 5.15. The maximum absolute atomic E-state index is 13.1. The SMILES string of the molecule is O=S(=O)(Nc1cccc(O)c1)c1cc(F)ccc1Cl. The van der Waals surface area contributed by atoms with Crippen LogP contribution in [0.1, 0.15) is 0 Å². The molecule has 100 valence electrons. The van der Waals surface area contributed by atoms with E-state index >= 15 is 0 Å². The van der Waals surface area contributed by atoms with Gasteiger partial charge in [-0.1, -0.05) is 17.7 Å². The molecule has 2 N–H and O–H groups in total. The molecule has 0 saturated carbocycles. The average Bonchev–Trinajstić information content (AvgIpc) is 2.31. The molecule has 0 unspecified atom stereocenters. The molecule has 0 spiro atoms. The minimum atomic E-state index is -4.02. The van der Waals surface area contributed by atoms with Crippen LogP contribution in [0.25, 0.3) is 0 Å². The fourth-order valence-corrected chi connectivity index (χ4v) is 3.02. The van der Waals surface area contributed by atoms with Gasteiger partial charge in [0.05, 0.1) is 10.7 Å². The summed E-state index contributed by atoms with van der Waals surface area (Å²) in [5.74, 6) is -0.800. The predicted molar refractivity (Wildman–Crippen MR) is 70.3 cm³/mol. The van der Waals surface area contributed by atoms with E-state index in [1.807, 2.05) is 0 Å². The Morgan fingerprint density at radius 1 is 1.16 bits per heavy atom. The molecule has 7 heteroatoms. The molecule has 0 atom stereocenters. The number of hydrogen-bond acceptors (Lipinski definition) is 3. The van der Waals surface area contributed by atoms with Crippen LogP contribution in [0, 0.1) is 5.82 Å². The van der Waals surface area contributed by atoms with Crippen molar-refractivity contribution in [2.45, 2.75) is 4.90 Å². The van der Waals surface area contributed by atoms with Gasteiger partial charge >= 0.3 is 0 Å². The van der Waals surface area contributed by atoms with Crippen LogP contribution in [0.2, 0.25) is 5.02 Å². The van der Waals surface area contributed by atoms with Crippen LogP contribution in [-0.2, 0) is 10.0 Å². The van der Waals surface area contributed by atoms with Gasteiger partial charge in [0.1, 0.15) is 16.5 Å². The summed E-state index contributed by atoms with van der Waals surface area (Å²) in [6.45, 7) is 0. The summed E-state index contributed by atoms with van der Waals surface area (Å²) in [7, 11) is -4.02. The molecule has 2 aromatic rings. The summed E-state index contributed by atoms with van der Waals surface area (Å²) in [6, 6.07) is 8.60. The van der Waals surface area contributed by atoms with Crippen molar-refractivity contribution in [2.24, 2.45) is 0 Å². The molecule has 0 aliphatic carbocycles. The molecule has 0 aliphatic rings. The predicted octanol–water partition coefficient (Wildman–Crippen LogP) is 2.99. The first-order chi connectivity index (χ1) is 8.88. The van der Waals surface area contributed by atoms with Gasteiger partial charge in [-0.05, 0) is 30.3 Å². The third-order valence-corrected chi connectivity index (χ3v) is 4.14. The third kappa shape index (κ3) is 3.15. The average molecular weight is 302 g/mol. The molecule has 0 fully saturated rings. The van der Waals surface area contributed by atoms with Gasteiger partial charge in [-0.2, -0.15) is 0 Å². The molecule has 0 aromatic heterocycles. The highest BCUT2D eigenvalue weighted by Crippen LogP contribution is 2.25. The van der Waals surface area contributed by atoms with Crippen LogP contribution in [-0.4, -0.2) is 13.5 Å². The molecule has 0 aliphatic heterocycles. The van der Waals surface area contributed by atoms with Crippen molar-refractivity contribution in [3.05, 3.63) is 53.3 Å². The molecule has 0 amide bonds. The molecule has 4 nitrogen and oxygen atoms in total. The largest absolute Gasteiger partial charge is 0.508 e. The zero-order chi connectivity index (χ0) is 14.0. The topological polar surface area (TPSA) is 66.4 Å². The number of sulfonamides is 1. The van der Waals surface area contributed by atoms with Gasteiger partial charge in [0, 0.05) is 6.07 Å². The number of benzene rings is 2. The van der Waals surface area contributed by atoms with E-state index in [-0.39, 0.29) is 21.4 Å². The molecule has 2 aromatic carbocycles. The van der Waals surface area contributed by atoms with Crippen molar-refractivity contribution in [3.8, 4) is 5.75 Å². The minimum Gasteiger partial charge on any atom is -0.508 e. The highest BCUT2D eigenvalue weighted by Gasteiger charge is 2.19. The lowest BCUT2D eigenvalue weighted by Gasteiger charge is -2.09. The van der Waals surface area contributed by atoms with Gasteiger partial charge in [0.2, 0.25) is 0 Å². The number of halogens is 2. The fourth-order valence-electron chi connectivity index (χ4n) is 1.46. The number of phenols is 1. The van der Waals surface area contributed by atoms with E-state index in [2.05, 4.69) is 4.72 Å². The second kappa shape index (κ2) is 5.07. The maximum atomic E-state index is 13.1. The Balaban J connectivity index is 2.40. The number of nitrogens with one attached hydrogen (secondary N) is 1. The highest BCUT2D eigenvalue weighted by molar-refractivity contribution is 7.92. The van der Waals surface area contributed by atoms with Crippen molar-refractivity contribution < 1.29 is 17.9 Å². The Morgan fingerprint density at radius 2 is 1.89 bits per heavy atom. The van der Waals surface area contributed by atoms with E-state index in [0.29, 0.717) is 0 Å². The smallest absolute Gasteiger partial charge is 0.263 e. The van der Waals surface area contributed by atoms with Crippen LogP contribution in [0.15, 0.2) is 47.4 Å². The minimum absolute atomic E-state index is 0.0888. The molecule has 0 heterocycles. The number of phenolic OH excluding ortho intramolecular Hbond substituents is 1. The van der Waals surface area contributed by atoms with Crippen molar-refractivity contribution in [1.29, 1.82) is 0 Å². The fraction of sp³-hybridized carbons (Fsp3) is 0. The van der Waals surface area contributed by atoms with Crippen LogP contribution in [0.5, 0.6) is 5.75 Å². The normalized spacial score (nSPS) is 11.3. The van der Waals surface area contributed by atoms with Crippen molar-refractivity contribution in [2.75, 3.05) is 4.72 Å². The van der Waals surface area contributed by atoms with E-state index in [1.165, 1.54) is 24.3 Å². The molecule has 0 radical (unpaired) electrons. The van der Waals surface area contributed by atoms with Gasteiger partial charge < -0.3 is 5.11 Å². The number of anilines is 1. The van der Waals surface area contributed by atoms with Gasteiger partial charge in [-0.25, -0.2) is 12.8 Å². The molecular weight excluding hydrogens is 293 g/mol. The lowest BCUT2D eigenvalue weighted by molar-refractivity contribution is 0.475. The number of aromatic hydroxyl groups is 1. The maximum Gasteiger partial charge on any atom is 0.263 e. The van der Waals surface area contributed by atoms with E-state index in [1.54, 1.807) is 0 Å². The van der Waals surface area contributed by atoms with Gasteiger partial charge in [-0.15, -0.1) is 0 Å². The van der Waals surface area contributed by atoms with E-state index in [0.717, 1.165) is 18.2 Å². The summed E-state index contributed by atoms with van der Waals surface area (Å²) < 4.78 is 39.4. The quantitative estimate of drug-likeness (QED) is 0.916. The summed E-state index contributed by atoms with van der Waals surface area (Å²) in [5, 5.41) is 9.17. The molecule has 0 bridgehead atoms. The lowest BCUT2D eigenvalue weighted by Crippen LogP contribution is -2.13. The van der Waals surface area contributed by atoms with Crippen LogP contribution >= 0.6 is 11.6 Å². The Morgan fingerprint density at radius 3 is 2.58 bits per heavy atom. The van der Waals surface area contributed by atoms with Crippen molar-refractivity contribution in [3.63, 3.8) is 0 Å². The lowest BCUT2D eigenvalue weighted by atomic mass is 10.3. The first-order valence-corrected chi connectivity index (χ1v) is 7.01. The summed E-state index contributed by atoms with van der Waals surface area (Å²) in [5.41, 5.74) is 0.153. The van der Waals surface area contributed by atoms with E-state index < -0.39 is 15.8 Å². The second-order valence-corrected chi connectivity index (χ2v) is 5.79. The van der Waals surface area contributed by atoms with Gasteiger partial charge in [0.25, 0.3) is 10.0 Å². The Labute approximate surface area is 114 Å². The van der Waals surface area contributed by atoms with Crippen molar-refractivity contribution >= 4 is 27.3 Å². The molecule has 19 heavy (non-hydrogen) atoms. The monoisotopic (exact) mass is 301 g/mol.